The Labute approximate surface area is 126 Å². The fourth-order valence-corrected chi connectivity index (χ4v) is 4.95. The normalized spacial score (nSPS) is 18.7. The summed E-state index contributed by atoms with van der Waals surface area (Å²) >= 11 is 17.7. The molecule has 106 valence electrons. The van der Waals surface area contributed by atoms with E-state index in [0.29, 0.717) is 12.8 Å². The standard InChI is InChI=1S/C11H12Cl3NO3S/c12-7-5-9(13)11(10(14)6-7)19(17,18)15-3-1-8(16)2-4-15/h5-6,8,16H,1-4H2. The fourth-order valence-electron chi connectivity index (χ4n) is 1.99. The number of sulfonamides is 1. The Morgan fingerprint density at radius 2 is 1.58 bits per heavy atom. The van der Waals surface area contributed by atoms with Crippen LogP contribution in [-0.4, -0.2) is 37.0 Å². The number of rotatable bonds is 2. The Kier molecular flexibility index (Phi) is 4.65. The number of halogens is 3. The Bertz CT molecular complexity index is 560. The molecule has 0 saturated carbocycles. The van der Waals surface area contributed by atoms with Crippen molar-refractivity contribution >= 4 is 44.8 Å². The number of piperidine rings is 1. The molecule has 1 aromatic carbocycles. The molecule has 1 N–H and O–H groups in total. The lowest BCUT2D eigenvalue weighted by Gasteiger charge is -2.29. The molecular formula is C11H12Cl3NO3S. The maximum absolute atomic E-state index is 12.5. The van der Waals surface area contributed by atoms with E-state index in [2.05, 4.69) is 0 Å². The van der Waals surface area contributed by atoms with Gasteiger partial charge in [0.2, 0.25) is 10.0 Å². The van der Waals surface area contributed by atoms with E-state index in [4.69, 9.17) is 34.8 Å². The predicted octanol–water partition coefficient (Wildman–Crippen LogP) is 2.79. The van der Waals surface area contributed by atoms with Gasteiger partial charge in [-0.3, -0.25) is 0 Å². The van der Waals surface area contributed by atoms with Crippen molar-refractivity contribution in [1.29, 1.82) is 0 Å². The first-order valence-corrected chi connectivity index (χ1v) is 8.22. The van der Waals surface area contributed by atoms with Gasteiger partial charge in [-0.15, -0.1) is 0 Å². The minimum atomic E-state index is -3.76. The van der Waals surface area contributed by atoms with E-state index in [0.717, 1.165) is 0 Å². The molecule has 0 unspecified atom stereocenters. The molecule has 0 amide bonds. The predicted molar refractivity (Wildman–Crippen MR) is 75.5 cm³/mol. The average Bonchev–Trinajstić information content (AvgIpc) is 2.27. The molecule has 0 radical (unpaired) electrons. The van der Waals surface area contributed by atoms with Crippen molar-refractivity contribution in [2.24, 2.45) is 0 Å². The van der Waals surface area contributed by atoms with Gasteiger partial charge in [0.15, 0.2) is 0 Å². The number of aliphatic hydroxyl groups excluding tert-OH is 1. The highest BCUT2D eigenvalue weighted by Gasteiger charge is 2.32. The number of benzene rings is 1. The molecule has 0 bridgehead atoms. The third-order valence-corrected chi connectivity index (χ3v) is 6.02. The average molecular weight is 345 g/mol. The second-order valence-corrected chi connectivity index (χ2v) is 7.46. The molecule has 19 heavy (non-hydrogen) atoms. The highest BCUT2D eigenvalue weighted by molar-refractivity contribution is 7.89. The van der Waals surface area contributed by atoms with E-state index in [-0.39, 0.29) is 33.1 Å². The smallest absolute Gasteiger partial charge is 0.246 e. The van der Waals surface area contributed by atoms with Gasteiger partial charge in [0.1, 0.15) is 4.90 Å². The van der Waals surface area contributed by atoms with Gasteiger partial charge in [0.05, 0.1) is 16.1 Å². The third kappa shape index (κ3) is 3.17. The minimum absolute atomic E-state index is 0.00335. The van der Waals surface area contributed by atoms with Crippen molar-refractivity contribution < 1.29 is 13.5 Å². The van der Waals surface area contributed by atoms with Crippen LogP contribution in [0.3, 0.4) is 0 Å². The number of hydrogen-bond donors (Lipinski definition) is 1. The summed E-state index contributed by atoms with van der Waals surface area (Å²) in [6.07, 6.45) is 0.354. The van der Waals surface area contributed by atoms with Gasteiger partial charge in [-0.25, -0.2) is 8.42 Å². The molecule has 0 atom stereocenters. The van der Waals surface area contributed by atoms with E-state index < -0.39 is 16.1 Å². The van der Waals surface area contributed by atoms with Crippen LogP contribution >= 0.6 is 34.8 Å². The SMILES string of the molecule is O=S(=O)(c1c(Cl)cc(Cl)cc1Cl)N1CCC(O)CC1. The molecule has 1 saturated heterocycles. The summed E-state index contributed by atoms with van der Waals surface area (Å²) in [6, 6.07) is 2.70. The van der Waals surface area contributed by atoms with Gasteiger partial charge in [-0.1, -0.05) is 34.8 Å². The van der Waals surface area contributed by atoms with Crippen LogP contribution in [0.25, 0.3) is 0 Å². The first-order valence-electron chi connectivity index (χ1n) is 5.65. The summed E-state index contributed by atoms with van der Waals surface area (Å²) < 4.78 is 26.2. The van der Waals surface area contributed by atoms with E-state index in [1.165, 1.54) is 16.4 Å². The lowest BCUT2D eigenvalue weighted by atomic mass is 10.1. The van der Waals surface area contributed by atoms with Crippen molar-refractivity contribution in [1.82, 2.24) is 4.31 Å². The quantitative estimate of drug-likeness (QED) is 0.897. The van der Waals surface area contributed by atoms with Gasteiger partial charge < -0.3 is 5.11 Å². The first-order chi connectivity index (χ1) is 8.82. The van der Waals surface area contributed by atoms with Crippen LogP contribution in [0.1, 0.15) is 12.8 Å². The largest absolute Gasteiger partial charge is 0.393 e. The molecule has 0 aliphatic carbocycles. The van der Waals surface area contributed by atoms with Crippen LogP contribution in [0, 0.1) is 0 Å². The molecule has 1 aliphatic heterocycles. The van der Waals surface area contributed by atoms with Gasteiger partial charge in [0.25, 0.3) is 0 Å². The van der Waals surface area contributed by atoms with Crippen molar-refractivity contribution in [2.45, 2.75) is 23.8 Å². The van der Waals surface area contributed by atoms with Crippen LogP contribution < -0.4 is 0 Å². The molecule has 2 rings (SSSR count). The maximum Gasteiger partial charge on any atom is 0.246 e. The highest BCUT2D eigenvalue weighted by Crippen LogP contribution is 2.35. The summed E-state index contributed by atoms with van der Waals surface area (Å²) in [5.74, 6) is 0. The molecule has 1 heterocycles. The molecule has 1 aromatic rings. The topological polar surface area (TPSA) is 57.6 Å². The van der Waals surface area contributed by atoms with Crippen LogP contribution in [0.5, 0.6) is 0 Å². The van der Waals surface area contributed by atoms with E-state index in [9.17, 15) is 13.5 Å². The minimum Gasteiger partial charge on any atom is -0.393 e. The molecular weight excluding hydrogens is 333 g/mol. The van der Waals surface area contributed by atoms with E-state index >= 15 is 0 Å². The summed E-state index contributed by atoms with van der Waals surface area (Å²) in [6.45, 7) is 0.498. The summed E-state index contributed by atoms with van der Waals surface area (Å²) in [4.78, 5) is -0.128. The van der Waals surface area contributed by atoms with Gasteiger partial charge in [-0.05, 0) is 25.0 Å². The zero-order chi connectivity index (χ0) is 14.2. The van der Waals surface area contributed by atoms with E-state index in [1.807, 2.05) is 0 Å². The Hall–Kier alpha value is -0.0400. The van der Waals surface area contributed by atoms with Crippen molar-refractivity contribution in [2.75, 3.05) is 13.1 Å². The Balaban J connectivity index is 2.40. The second kappa shape index (κ2) is 5.76. The molecule has 1 aliphatic rings. The maximum atomic E-state index is 12.5. The van der Waals surface area contributed by atoms with Gasteiger partial charge >= 0.3 is 0 Å². The van der Waals surface area contributed by atoms with Crippen LogP contribution in [0.4, 0.5) is 0 Å². The van der Waals surface area contributed by atoms with Crippen LogP contribution in [-0.2, 0) is 10.0 Å². The zero-order valence-corrected chi connectivity index (χ0v) is 12.9. The zero-order valence-electron chi connectivity index (χ0n) is 9.81. The number of hydrogen-bond acceptors (Lipinski definition) is 3. The highest BCUT2D eigenvalue weighted by atomic mass is 35.5. The number of nitrogens with zero attached hydrogens (tertiary/aromatic N) is 1. The number of aliphatic hydroxyl groups is 1. The summed E-state index contributed by atoms with van der Waals surface area (Å²) in [5.41, 5.74) is 0. The fraction of sp³-hybridized carbons (Fsp3) is 0.455. The third-order valence-electron chi connectivity index (χ3n) is 2.98. The summed E-state index contributed by atoms with van der Waals surface area (Å²) in [7, 11) is -3.76. The van der Waals surface area contributed by atoms with Crippen LogP contribution in [0.15, 0.2) is 17.0 Å². The first kappa shape index (κ1) is 15.4. The molecule has 1 fully saturated rings. The molecule has 4 nitrogen and oxygen atoms in total. The van der Waals surface area contributed by atoms with Gasteiger partial charge in [-0.2, -0.15) is 4.31 Å². The molecule has 8 heteroatoms. The van der Waals surface area contributed by atoms with Gasteiger partial charge in [0, 0.05) is 18.1 Å². The van der Waals surface area contributed by atoms with E-state index in [1.54, 1.807) is 0 Å². The molecule has 0 spiro atoms. The Morgan fingerprint density at radius 3 is 2.05 bits per heavy atom. The lowest BCUT2D eigenvalue weighted by Crippen LogP contribution is -2.40. The monoisotopic (exact) mass is 343 g/mol. The second-order valence-electron chi connectivity index (χ2n) is 4.33. The van der Waals surface area contributed by atoms with Crippen molar-refractivity contribution in [3.63, 3.8) is 0 Å². The Morgan fingerprint density at radius 1 is 1.11 bits per heavy atom. The molecule has 0 aromatic heterocycles. The van der Waals surface area contributed by atoms with Crippen LogP contribution in [0.2, 0.25) is 15.1 Å². The van der Waals surface area contributed by atoms with Crippen molar-refractivity contribution in [3.8, 4) is 0 Å². The lowest BCUT2D eigenvalue weighted by molar-refractivity contribution is 0.113. The summed E-state index contributed by atoms with van der Waals surface area (Å²) in [5, 5.41) is 9.71. The van der Waals surface area contributed by atoms with Crippen molar-refractivity contribution in [3.05, 3.63) is 27.2 Å².